The number of rotatable bonds is 3. The molecule has 0 amide bonds. The predicted octanol–water partition coefficient (Wildman–Crippen LogP) is 2.75. The molecule has 0 spiro atoms. The molecule has 2 aromatic heterocycles. The fourth-order valence-electron chi connectivity index (χ4n) is 1.83. The van der Waals surface area contributed by atoms with Gasteiger partial charge in [-0.1, -0.05) is 30.3 Å². The number of carbonyl (C=O) groups is 1. The Bertz CT molecular complexity index is 687. The zero-order valence-electron chi connectivity index (χ0n) is 10.1. The van der Waals surface area contributed by atoms with Crippen molar-refractivity contribution in [2.24, 2.45) is 0 Å². The molecule has 0 aliphatic carbocycles. The van der Waals surface area contributed by atoms with Crippen molar-refractivity contribution in [2.75, 3.05) is 0 Å². The summed E-state index contributed by atoms with van der Waals surface area (Å²) in [5.41, 5.74) is 2.69. The Morgan fingerprint density at radius 2 is 1.79 bits per heavy atom. The van der Waals surface area contributed by atoms with E-state index in [-0.39, 0.29) is 0 Å². The molecule has 0 atom stereocenters. The fourth-order valence-corrected chi connectivity index (χ4v) is 1.83. The molecule has 0 unspecified atom stereocenters. The summed E-state index contributed by atoms with van der Waals surface area (Å²) in [6, 6.07) is 13.5. The van der Waals surface area contributed by atoms with Gasteiger partial charge in [0, 0.05) is 23.5 Å². The van der Waals surface area contributed by atoms with Gasteiger partial charge in [-0.3, -0.25) is 4.79 Å². The van der Waals surface area contributed by atoms with Crippen molar-refractivity contribution in [3.8, 4) is 16.9 Å². The highest BCUT2D eigenvalue weighted by atomic mass is 16.1. The second kappa shape index (κ2) is 4.86. The van der Waals surface area contributed by atoms with Crippen molar-refractivity contribution in [3.63, 3.8) is 0 Å². The van der Waals surface area contributed by atoms with Crippen molar-refractivity contribution in [2.45, 2.75) is 0 Å². The predicted molar refractivity (Wildman–Crippen MR) is 72.2 cm³/mol. The maximum Gasteiger partial charge on any atom is 0.153 e. The van der Waals surface area contributed by atoms with Crippen LogP contribution >= 0.6 is 0 Å². The summed E-state index contributed by atoms with van der Waals surface area (Å²) >= 11 is 0. The molecule has 3 rings (SSSR count). The molecule has 0 fully saturated rings. The first-order chi connectivity index (χ1) is 9.36. The molecule has 92 valence electrons. The topological polar surface area (TPSA) is 47.8 Å². The summed E-state index contributed by atoms with van der Waals surface area (Å²) in [4.78, 5) is 14.8. The van der Waals surface area contributed by atoms with Crippen LogP contribution in [-0.2, 0) is 0 Å². The van der Waals surface area contributed by atoms with Gasteiger partial charge in [0.05, 0.1) is 6.20 Å². The Morgan fingerprint density at radius 3 is 2.47 bits per heavy atom. The van der Waals surface area contributed by atoms with Gasteiger partial charge in [-0.15, -0.1) is 0 Å². The molecule has 0 bridgehead atoms. The van der Waals surface area contributed by atoms with E-state index in [2.05, 4.69) is 10.1 Å². The van der Waals surface area contributed by atoms with Crippen LogP contribution in [0.5, 0.6) is 0 Å². The highest BCUT2D eigenvalue weighted by Gasteiger charge is 2.03. The van der Waals surface area contributed by atoms with E-state index in [0.29, 0.717) is 11.4 Å². The number of nitrogens with zero attached hydrogens (tertiary/aromatic N) is 3. The minimum absolute atomic E-state index is 0.555. The van der Waals surface area contributed by atoms with Crippen LogP contribution < -0.4 is 0 Å². The number of hydrogen-bond acceptors (Lipinski definition) is 3. The molecular formula is C15H11N3O. The first-order valence-corrected chi connectivity index (χ1v) is 5.88. The Balaban J connectivity index is 1.94. The SMILES string of the molecule is O=Cc1ccc(-n2cc(-c3ccccc3)cn2)nc1. The first-order valence-electron chi connectivity index (χ1n) is 5.88. The van der Waals surface area contributed by atoms with E-state index < -0.39 is 0 Å². The van der Waals surface area contributed by atoms with Gasteiger partial charge in [-0.2, -0.15) is 5.10 Å². The van der Waals surface area contributed by atoms with E-state index in [9.17, 15) is 4.79 Å². The first kappa shape index (κ1) is 11.3. The third kappa shape index (κ3) is 2.28. The molecule has 4 heteroatoms. The van der Waals surface area contributed by atoms with E-state index >= 15 is 0 Å². The van der Waals surface area contributed by atoms with Gasteiger partial charge in [-0.25, -0.2) is 9.67 Å². The third-order valence-corrected chi connectivity index (χ3v) is 2.83. The summed E-state index contributed by atoms with van der Waals surface area (Å²) in [5.74, 6) is 0.688. The van der Waals surface area contributed by atoms with Gasteiger partial charge in [-0.05, 0) is 17.7 Å². The van der Waals surface area contributed by atoms with Gasteiger partial charge in [0.2, 0.25) is 0 Å². The molecule has 1 aromatic carbocycles. The zero-order valence-corrected chi connectivity index (χ0v) is 10.1. The molecule has 0 saturated heterocycles. The van der Waals surface area contributed by atoms with Gasteiger partial charge >= 0.3 is 0 Å². The van der Waals surface area contributed by atoms with E-state index in [1.807, 2.05) is 36.5 Å². The molecule has 0 N–H and O–H groups in total. The number of aromatic nitrogens is 3. The minimum atomic E-state index is 0.555. The van der Waals surface area contributed by atoms with Crippen molar-refractivity contribution in [1.29, 1.82) is 0 Å². The highest BCUT2D eigenvalue weighted by Crippen LogP contribution is 2.18. The normalized spacial score (nSPS) is 10.3. The summed E-state index contributed by atoms with van der Waals surface area (Å²) in [5, 5.41) is 4.28. The molecule has 0 radical (unpaired) electrons. The monoisotopic (exact) mass is 249 g/mol. The lowest BCUT2D eigenvalue weighted by atomic mass is 10.1. The van der Waals surface area contributed by atoms with Crippen LogP contribution in [0.15, 0.2) is 61.1 Å². The van der Waals surface area contributed by atoms with E-state index in [1.54, 1.807) is 23.0 Å². The Kier molecular flexibility index (Phi) is 2.90. The van der Waals surface area contributed by atoms with Crippen LogP contribution in [0.25, 0.3) is 16.9 Å². The summed E-state index contributed by atoms with van der Waals surface area (Å²) in [6.45, 7) is 0. The van der Waals surface area contributed by atoms with Gasteiger partial charge in [0.25, 0.3) is 0 Å². The van der Waals surface area contributed by atoms with Crippen LogP contribution in [0.3, 0.4) is 0 Å². The molecule has 2 heterocycles. The average molecular weight is 249 g/mol. The van der Waals surface area contributed by atoms with Crippen LogP contribution in [0.2, 0.25) is 0 Å². The molecule has 19 heavy (non-hydrogen) atoms. The van der Waals surface area contributed by atoms with Crippen LogP contribution in [0, 0.1) is 0 Å². The van der Waals surface area contributed by atoms with Crippen LogP contribution in [-0.4, -0.2) is 21.1 Å². The molecule has 3 aromatic rings. The number of hydrogen-bond donors (Lipinski definition) is 0. The Labute approximate surface area is 110 Å². The Morgan fingerprint density at radius 1 is 0.947 bits per heavy atom. The highest BCUT2D eigenvalue weighted by molar-refractivity contribution is 5.74. The van der Waals surface area contributed by atoms with Gasteiger partial charge in [0.15, 0.2) is 12.1 Å². The average Bonchev–Trinajstić information content (AvgIpc) is 2.98. The van der Waals surface area contributed by atoms with E-state index in [4.69, 9.17) is 0 Å². The summed E-state index contributed by atoms with van der Waals surface area (Å²) < 4.78 is 1.69. The smallest absolute Gasteiger partial charge is 0.153 e. The maximum absolute atomic E-state index is 10.6. The largest absolute Gasteiger partial charge is 0.298 e. The fraction of sp³-hybridized carbons (Fsp3) is 0. The maximum atomic E-state index is 10.6. The van der Waals surface area contributed by atoms with Gasteiger partial charge < -0.3 is 0 Å². The van der Waals surface area contributed by atoms with E-state index in [1.165, 1.54) is 6.20 Å². The summed E-state index contributed by atoms with van der Waals surface area (Å²) in [6.07, 6.45) is 6.02. The lowest BCUT2D eigenvalue weighted by Gasteiger charge is -1.99. The van der Waals surface area contributed by atoms with Gasteiger partial charge in [0.1, 0.15) is 0 Å². The third-order valence-electron chi connectivity index (χ3n) is 2.83. The lowest BCUT2D eigenvalue weighted by molar-refractivity contribution is 0.112. The van der Waals surface area contributed by atoms with Crippen molar-refractivity contribution in [3.05, 3.63) is 66.6 Å². The number of aldehydes is 1. The Hall–Kier alpha value is -2.75. The second-order valence-electron chi connectivity index (χ2n) is 4.11. The second-order valence-corrected chi connectivity index (χ2v) is 4.11. The number of carbonyl (C=O) groups excluding carboxylic acids is 1. The van der Waals surface area contributed by atoms with Crippen molar-refractivity contribution < 1.29 is 4.79 Å². The minimum Gasteiger partial charge on any atom is -0.298 e. The number of pyridine rings is 1. The molecule has 0 aliphatic heterocycles. The summed E-state index contributed by atoms with van der Waals surface area (Å²) in [7, 11) is 0. The molecular weight excluding hydrogens is 238 g/mol. The van der Waals surface area contributed by atoms with Crippen molar-refractivity contribution in [1.82, 2.24) is 14.8 Å². The van der Waals surface area contributed by atoms with E-state index in [0.717, 1.165) is 17.4 Å². The molecule has 0 saturated carbocycles. The standard InChI is InChI=1S/C15H11N3O/c19-11-12-6-7-15(16-8-12)18-10-14(9-17-18)13-4-2-1-3-5-13/h1-11H. The number of benzene rings is 1. The van der Waals surface area contributed by atoms with Crippen molar-refractivity contribution >= 4 is 6.29 Å². The zero-order chi connectivity index (χ0) is 13.1. The lowest BCUT2D eigenvalue weighted by Crippen LogP contribution is -1.97. The molecule has 0 aliphatic rings. The molecule has 4 nitrogen and oxygen atoms in total. The van der Waals surface area contributed by atoms with Crippen LogP contribution in [0.1, 0.15) is 10.4 Å². The van der Waals surface area contributed by atoms with Crippen LogP contribution in [0.4, 0.5) is 0 Å². The quantitative estimate of drug-likeness (QED) is 0.670.